The van der Waals surface area contributed by atoms with E-state index in [1.807, 2.05) is 19.0 Å². The highest BCUT2D eigenvalue weighted by atomic mass is 16.6. The Bertz CT molecular complexity index is 745. The number of rotatable bonds is 6. The molecule has 0 spiro atoms. The topological polar surface area (TPSA) is 105 Å². The maximum absolute atomic E-state index is 11.8. The molecule has 0 amide bonds. The summed E-state index contributed by atoms with van der Waals surface area (Å²) in [5.41, 5.74) is -0.00406. The average Bonchev–Trinajstić information content (AvgIpc) is 2.84. The molecule has 1 heterocycles. The Balaban J connectivity index is 2.38. The summed E-state index contributed by atoms with van der Waals surface area (Å²) in [7, 11) is 3.83. The van der Waals surface area contributed by atoms with Crippen LogP contribution in [0.4, 0.5) is 5.69 Å². The predicted molar refractivity (Wildman–Crippen MR) is 82.4 cm³/mol. The van der Waals surface area contributed by atoms with Gasteiger partial charge in [-0.2, -0.15) is 0 Å². The molecule has 0 aliphatic carbocycles. The molecule has 1 aromatic heterocycles. The summed E-state index contributed by atoms with van der Waals surface area (Å²) in [5.74, 6) is 0. The minimum Gasteiger partial charge on any atom is -0.338 e. The zero-order chi connectivity index (χ0) is 16.1. The molecule has 0 saturated heterocycles. The number of nitrogens with zero attached hydrogens (tertiary/aromatic N) is 3. The smallest absolute Gasteiger partial charge is 0.338 e. The number of aliphatic imine (C=N–C) groups is 1. The molecule has 0 unspecified atom stereocenters. The largest absolute Gasteiger partial charge is 0.366 e. The summed E-state index contributed by atoms with van der Waals surface area (Å²) >= 11 is 0. The van der Waals surface area contributed by atoms with Crippen LogP contribution in [-0.4, -0.2) is 48.4 Å². The van der Waals surface area contributed by atoms with Gasteiger partial charge in [0.15, 0.2) is 0 Å². The minimum absolute atomic E-state index is 0.109. The van der Waals surface area contributed by atoms with Crippen LogP contribution in [0.3, 0.4) is 0 Å². The van der Waals surface area contributed by atoms with Gasteiger partial charge in [0.25, 0.3) is 5.69 Å². The van der Waals surface area contributed by atoms with Gasteiger partial charge in [-0.15, -0.1) is 0 Å². The number of para-hydroxylation sites is 1. The molecular weight excluding hydrogens is 288 g/mol. The van der Waals surface area contributed by atoms with Crippen LogP contribution in [0.15, 0.2) is 38.6 Å². The summed E-state index contributed by atoms with van der Waals surface area (Å²) in [5, 5.41) is 13.5. The Hall–Kier alpha value is -2.74. The monoisotopic (exact) mass is 304 g/mol. The molecule has 0 radical (unpaired) electrons. The van der Waals surface area contributed by atoms with E-state index in [1.54, 1.807) is 18.2 Å². The van der Waals surface area contributed by atoms with Gasteiger partial charge >= 0.3 is 5.63 Å². The van der Waals surface area contributed by atoms with Crippen LogP contribution in [0.1, 0.15) is 5.56 Å². The third-order valence-electron chi connectivity index (χ3n) is 3.00. The van der Waals surface area contributed by atoms with E-state index in [0.717, 1.165) is 6.54 Å². The van der Waals surface area contributed by atoms with Gasteiger partial charge < -0.3 is 9.42 Å². The van der Waals surface area contributed by atoms with E-state index in [2.05, 4.69) is 10.1 Å². The maximum Gasteiger partial charge on any atom is 0.366 e. The van der Waals surface area contributed by atoms with Gasteiger partial charge in [-0.3, -0.25) is 15.1 Å². The number of hydrogen-bond acceptors (Lipinski definition) is 6. The first kappa shape index (κ1) is 15.6. The molecule has 0 saturated carbocycles. The maximum atomic E-state index is 11.8. The van der Waals surface area contributed by atoms with E-state index in [0.29, 0.717) is 6.54 Å². The molecule has 1 aromatic carbocycles. The van der Waals surface area contributed by atoms with Gasteiger partial charge in [0.2, 0.25) is 0 Å². The Labute approximate surface area is 126 Å². The number of benzene rings is 1. The molecule has 2 aromatic rings. The van der Waals surface area contributed by atoms with Gasteiger partial charge in [-0.05, 0) is 20.2 Å². The van der Waals surface area contributed by atoms with Gasteiger partial charge in [-0.1, -0.05) is 12.1 Å². The van der Waals surface area contributed by atoms with Crippen molar-refractivity contribution >= 4 is 11.9 Å². The van der Waals surface area contributed by atoms with Crippen LogP contribution in [0.25, 0.3) is 11.3 Å². The lowest BCUT2D eigenvalue weighted by molar-refractivity contribution is -0.384. The van der Waals surface area contributed by atoms with Crippen LogP contribution in [0.5, 0.6) is 0 Å². The lowest BCUT2D eigenvalue weighted by atomic mass is 10.1. The van der Waals surface area contributed by atoms with Crippen molar-refractivity contribution in [2.45, 2.75) is 0 Å². The highest BCUT2D eigenvalue weighted by Crippen LogP contribution is 2.28. The average molecular weight is 304 g/mol. The van der Waals surface area contributed by atoms with Gasteiger partial charge in [0, 0.05) is 18.8 Å². The van der Waals surface area contributed by atoms with E-state index in [-0.39, 0.29) is 22.5 Å². The molecule has 2 rings (SSSR count). The second kappa shape index (κ2) is 6.81. The number of nitrogens with one attached hydrogen (secondary N) is 1. The van der Waals surface area contributed by atoms with Crippen LogP contribution in [-0.2, 0) is 0 Å². The van der Waals surface area contributed by atoms with E-state index < -0.39 is 10.5 Å². The normalized spacial score (nSPS) is 11.4. The lowest BCUT2D eigenvalue weighted by Gasteiger charge is -2.05. The molecule has 0 atom stereocenters. The first-order chi connectivity index (χ1) is 10.5. The Morgan fingerprint density at radius 1 is 1.41 bits per heavy atom. The van der Waals surface area contributed by atoms with Crippen molar-refractivity contribution in [1.29, 1.82) is 0 Å². The van der Waals surface area contributed by atoms with Gasteiger partial charge in [0.1, 0.15) is 11.3 Å². The van der Waals surface area contributed by atoms with Crippen LogP contribution in [0.2, 0.25) is 0 Å². The molecule has 1 N–H and O–H groups in total. The molecule has 0 bridgehead atoms. The van der Waals surface area contributed by atoms with Crippen LogP contribution >= 0.6 is 0 Å². The fourth-order valence-corrected chi connectivity index (χ4v) is 1.88. The fraction of sp³-hybridized carbons (Fsp3) is 0.286. The Morgan fingerprint density at radius 2 is 2.14 bits per heavy atom. The Morgan fingerprint density at radius 3 is 2.82 bits per heavy atom. The quantitative estimate of drug-likeness (QED) is 0.495. The standard InChI is InChI=1S/C14H16N4O4/c1-17(2)8-7-15-9-11-13(16-22-14(11)19)10-5-3-4-6-12(10)18(20)21/h3-6,9,16H,7-8H2,1-2H3. The summed E-state index contributed by atoms with van der Waals surface area (Å²) in [6, 6.07) is 6.13. The van der Waals surface area contributed by atoms with Gasteiger partial charge in [0.05, 0.1) is 17.0 Å². The predicted octanol–water partition coefficient (Wildman–Crippen LogP) is 1.52. The molecule has 8 heteroatoms. The number of nitro benzene ring substituents is 1. The zero-order valence-corrected chi connectivity index (χ0v) is 12.3. The van der Waals surface area contributed by atoms with Crippen molar-refractivity contribution in [3.05, 3.63) is 50.4 Å². The van der Waals surface area contributed by atoms with Crippen molar-refractivity contribution in [3.63, 3.8) is 0 Å². The second-order valence-electron chi connectivity index (χ2n) is 4.89. The number of H-pyrrole nitrogens is 1. The molecule has 116 valence electrons. The first-order valence-corrected chi connectivity index (χ1v) is 6.60. The number of likely N-dealkylation sites (N-methyl/N-ethyl adjacent to an activating group) is 1. The van der Waals surface area contributed by atoms with Crippen LogP contribution in [0, 0.1) is 10.1 Å². The van der Waals surface area contributed by atoms with Crippen LogP contribution < -0.4 is 5.63 Å². The SMILES string of the molecule is CN(C)CCN=Cc1c(-c2ccccc2[N+](=O)[O-])[nH]oc1=O. The second-order valence-corrected chi connectivity index (χ2v) is 4.89. The highest BCUT2D eigenvalue weighted by Gasteiger charge is 2.20. The molecular formula is C14H16N4O4. The number of aromatic nitrogens is 1. The van der Waals surface area contributed by atoms with Crippen molar-refractivity contribution in [2.75, 3.05) is 27.2 Å². The highest BCUT2D eigenvalue weighted by molar-refractivity contribution is 5.90. The molecule has 0 aliphatic rings. The van der Waals surface area contributed by atoms with Crippen molar-refractivity contribution in [2.24, 2.45) is 4.99 Å². The van der Waals surface area contributed by atoms with Crippen molar-refractivity contribution in [3.8, 4) is 11.3 Å². The summed E-state index contributed by atoms with van der Waals surface area (Å²) in [6.45, 7) is 1.24. The fourth-order valence-electron chi connectivity index (χ4n) is 1.88. The third-order valence-corrected chi connectivity index (χ3v) is 3.00. The summed E-state index contributed by atoms with van der Waals surface area (Å²) in [6.07, 6.45) is 1.39. The molecule has 0 aliphatic heterocycles. The van der Waals surface area contributed by atoms with E-state index in [1.165, 1.54) is 12.3 Å². The van der Waals surface area contributed by atoms with E-state index in [4.69, 9.17) is 4.52 Å². The molecule has 22 heavy (non-hydrogen) atoms. The summed E-state index contributed by atoms with van der Waals surface area (Å²) in [4.78, 5) is 28.5. The minimum atomic E-state index is -0.609. The number of aromatic amines is 1. The zero-order valence-electron chi connectivity index (χ0n) is 12.3. The van der Waals surface area contributed by atoms with Crippen molar-refractivity contribution < 1.29 is 9.45 Å². The molecule has 8 nitrogen and oxygen atoms in total. The molecule has 0 fully saturated rings. The summed E-state index contributed by atoms with van der Waals surface area (Å²) < 4.78 is 4.76. The first-order valence-electron chi connectivity index (χ1n) is 6.60. The lowest BCUT2D eigenvalue weighted by Crippen LogP contribution is -2.15. The van der Waals surface area contributed by atoms with E-state index in [9.17, 15) is 14.9 Å². The van der Waals surface area contributed by atoms with Crippen molar-refractivity contribution in [1.82, 2.24) is 10.1 Å². The van der Waals surface area contributed by atoms with E-state index >= 15 is 0 Å². The number of hydrogen-bond donors (Lipinski definition) is 1. The Kier molecular flexibility index (Phi) is 4.84. The number of nitro groups is 1. The van der Waals surface area contributed by atoms with Gasteiger partial charge in [-0.25, -0.2) is 9.95 Å². The third kappa shape index (κ3) is 3.47.